The van der Waals surface area contributed by atoms with Crippen LogP contribution >= 0.6 is 23.2 Å². The Labute approximate surface area is 130 Å². The minimum absolute atomic E-state index is 0.0143. The molecule has 2 aromatic rings. The lowest BCUT2D eigenvalue weighted by Crippen LogP contribution is -2.11. The number of carbonyl (C=O) groups excluding carboxylic acids is 1. The molecular weight excluding hydrogens is 317 g/mol. The molecule has 5 nitrogen and oxygen atoms in total. The van der Waals surface area contributed by atoms with E-state index in [1.807, 2.05) is 0 Å². The van der Waals surface area contributed by atoms with E-state index >= 15 is 0 Å². The highest BCUT2D eigenvalue weighted by atomic mass is 35.5. The maximum absolute atomic E-state index is 11.8. The molecule has 2 rings (SSSR count). The maximum atomic E-state index is 11.8. The third-order valence-electron chi connectivity index (χ3n) is 2.59. The number of rotatable bonds is 4. The number of ether oxygens (including phenoxy) is 1. The lowest BCUT2D eigenvalue weighted by Gasteiger charge is -2.05. The average Bonchev–Trinajstić information content (AvgIpc) is 2.43. The Morgan fingerprint density at radius 1 is 1.14 bits per heavy atom. The fraction of sp³-hybridized carbons (Fsp3) is 0.0714. The lowest BCUT2D eigenvalue weighted by atomic mass is 10.1. The third kappa shape index (κ3) is 4.18. The van der Waals surface area contributed by atoms with Crippen LogP contribution in [0.5, 0.6) is 5.75 Å². The molecule has 0 aliphatic rings. The Kier molecular flexibility index (Phi) is 4.77. The molecule has 0 atom stereocenters. The van der Waals surface area contributed by atoms with Gasteiger partial charge in [0.1, 0.15) is 5.75 Å². The second-order valence-electron chi connectivity index (χ2n) is 4.15. The molecule has 0 N–H and O–H groups in total. The van der Waals surface area contributed by atoms with Crippen LogP contribution in [0.2, 0.25) is 10.0 Å². The van der Waals surface area contributed by atoms with Gasteiger partial charge in [-0.15, -0.1) is 0 Å². The van der Waals surface area contributed by atoms with Crippen molar-refractivity contribution >= 4 is 34.9 Å². The summed E-state index contributed by atoms with van der Waals surface area (Å²) in [4.78, 5) is 21.9. The molecule has 2 aromatic carbocycles. The molecule has 0 radical (unpaired) electrons. The summed E-state index contributed by atoms with van der Waals surface area (Å²) >= 11 is 11.6. The lowest BCUT2D eigenvalue weighted by molar-refractivity contribution is -0.384. The van der Waals surface area contributed by atoms with Crippen molar-refractivity contribution < 1.29 is 14.5 Å². The smallest absolute Gasteiger partial charge is 0.315 e. The van der Waals surface area contributed by atoms with E-state index in [0.29, 0.717) is 15.6 Å². The SMILES string of the molecule is O=C(Cc1ccc(Cl)c(Cl)c1)Oc1cccc([N+](=O)[O-])c1. The summed E-state index contributed by atoms with van der Waals surface area (Å²) in [5, 5.41) is 11.4. The zero-order valence-corrected chi connectivity index (χ0v) is 12.1. The van der Waals surface area contributed by atoms with Gasteiger partial charge in [0, 0.05) is 6.07 Å². The quantitative estimate of drug-likeness (QED) is 0.368. The maximum Gasteiger partial charge on any atom is 0.315 e. The van der Waals surface area contributed by atoms with Crippen molar-refractivity contribution in [1.29, 1.82) is 0 Å². The van der Waals surface area contributed by atoms with Crippen LogP contribution in [0.4, 0.5) is 5.69 Å². The number of hydrogen-bond acceptors (Lipinski definition) is 4. The molecule has 7 heteroatoms. The van der Waals surface area contributed by atoms with Gasteiger partial charge in [-0.2, -0.15) is 0 Å². The number of nitro benzene ring substituents is 1. The molecule has 0 heterocycles. The van der Waals surface area contributed by atoms with Crippen LogP contribution in [0.1, 0.15) is 5.56 Å². The van der Waals surface area contributed by atoms with Crippen LogP contribution in [0.3, 0.4) is 0 Å². The standard InChI is InChI=1S/C14H9Cl2NO4/c15-12-5-4-9(6-13(12)16)7-14(18)21-11-3-1-2-10(8-11)17(19)20/h1-6,8H,7H2. The van der Waals surface area contributed by atoms with Gasteiger partial charge in [-0.05, 0) is 23.8 Å². The topological polar surface area (TPSA) is 69.4 Å². The largest absolute Gasteiger partial charge is 0.426 e. The Morgan fingerprint density at radius 2 is 1.90 bits per heavy atom. The zero-order chi connectivity index (χ0) is 15.4. The molecule has 0 fully saturated rings. The van der Waals surface area contributed by atoms with Crippen LogP contribution in [0.15, 0.2) is 42.5 Å². The molecule has 0 amide bonds. The summed E-state index contributed by atoms with van der Waals surface area (Å²) in [6.07, 6.45) is -0.0143. The average molecular weight is 326 g/mol. The van der Waals surface area contributed by atoms with E-state index in [0.717, 1.165) is 0 Å². The summed E-state index contributed by atoms with van der Waals surface area (Å²) in [6.45, 7) is 0. The number of hydrogen-bond donors (Lipinski definition) is 0. The molecule has 0 bridgehead atoms. The first-order chi connectivity index (χ1) is 9.95. The van der Waals surface area contributed by atoms with Gasteiger partial charge in [0.05, 0.1) is 27.5 Å². The molecule has 21 heavy (non-hydrogen) atoms. The fourth-order valence-corrected chi connectivity index (χ4v) is 1.97. The van der Waals surface area contributed by atoms with E-state index in [2.05, 4.69) is 0 Å². The van der Waals surface area contributed by atoms with Gasteiger partial charge in [-0.1, -0.05) is 35.3 Å². The van der Waals surface area contributed by atoms with E-state index in [1.54, 1.807) is 18.2 Å². The highest BCUT2D eigenvalue weighted by Gasteiger charge is 2.11. The molecule has 0 saturated carbocycles. The Morgan fingerprint density at radius 3 is 2.57 bits per heavy atom. The van der Waals surface area contributed by atoms with Crippen molar-refractivity contribution in [3.05, 3.63) is 68.2 Å². The van der Waals surface area contributed by atoms with Crippen molar-refractivity contribution in [3.8, 4) is 5.75 Å². The number of non-ortho nitro benzene ring substituents is 1. The van der Waals surface area contributed by atoms with Crippen molar-refractivity contribution in [1.82, 2.24) is 0 Å². The Hall–Kier alpha value is -2.11. The molecule has 0 aliphatic heterocycles. The van der Waals surface area contributed by atoms with Crippen molar-refractivity contribution in [2.45, 2.75) is 6.42 Å². The van der Waals surface area contributed by atoms with Crippen molar-refractivity contribution in [2.24, 2.45) is 0 Å². The minimum atomic E-state index is -0.559. The molecule has 0 saturated heterocycles. The van der Waals surface area contributed by atoms with Gasteiger partial charge in [0.2, 0.25) is 0 Å². The van der Waals surface area contributed by atoms with Gasteiger partial charge in [0.15, 0.2) is 0 Å². The first-order valence-electron chi connectivity index (χ1n) is 5.85. The second kappa shape index (κ2) is 6.56. The number of esters is 1. The van der Waals surface area contributed by atoms with Gasteiger partial charge in [0.25, 0.3) is 5.69 Å². The fourth-order valence-electron chi connectivity index (χ4n) is 1.64. The normalized spacial score (nSPS) is 10.2. The van der Waals surface area contributed by atoms with E-state index in [4.69, 9.17) is 27.9 Å². The van der Waals surface area contributed by atoms with Crippen LogP contribution in [0.25, 0.3) is 0 Å². The van der Waals surface area contributed by atoms with Crippen molar-refractivity contribution in [3.63, 3.8) is 0 Å². The second-order valence-corrected chi connectivity index (χ2v) is 4.97. The highest BCUT2D eigenvalue weighted by molar-refractivity contribution is 6.42. The molecule has 0 spiro atoms. The van der Waals surface area contributed by atoms with Crippen LogP contribution in [-0.2, 0) is 11.2 Å². The summed E-state index contributed by atoms with van der Waals surface area (Å²) in [5.74, 6) is -0.428. The van der Waals surface area contributed by atoms with E-state index in [1.165, 1.54) is 24.3 Å². The van der Waals surface area contributed by atoms with E-state index in [9.17, 15) is 14.9 Å². The Bertz CT molecular complexity index is 703. The highest BCUT2D eigenvalue weighted by Crippen LogP contribution is 2.23. The van der Waals surface area contributed by atoms with Crippen molar-refractivity contribution in [2.75, 3.05) is 0 Å². The number of benzene rings is 2. The Balaban J connectivity index is 2.06. The molecule has 108 valence electrons. The summed E-state index contributed by atoms with van der Waals surface area (Å²) < 4.78 is 5.06. The van der Waals surface area contributed by atoms with E-state index < -0.39 is 10.9 Å². The van der Waals surface area contributed by atoms with Crippen LogP contribution in [0, 0.1) is 10.1 Å². The minimum Gasteiger partial charge on any atom is -0.426 e. The summed E-state index contributed by atoms with van der Waals surface area (Å²) in [5.41, 5.74) is 0.495. The predicted octanol–water partition coefficient (Wildman–Crippen LogP) is 4.05. The number of nitrogens with zero attached hydrogens (tertiary/aromatic N) is 1. The summed E-state index contributed by atoms with van der Waals surface area (Å²) in [7, 11) is 0. The number of halogens is 2. The first kappa shape index (κ1) is 15.3. The summed E-state index contributed by atoms with van der Waals surface area (Å²) in [6, 6.07) is 10.2. The molecular formula is C14H9Cl2NO4. The van der Waals surface area contributed by atoms with Gasteiger partial charge in [-0.25, -0.2) is 0 Å². The third-order valence-corrected chi connectivity index (χ3v) is 3.33. The predicted molar refractivity (Wildman–Crippen MR) is 78.9 cm³/mol. The molecule has 0 aromatic heterocycles. The number of carbonyl (C=O) groups is 1. The zero-order valence-electron chi connectivity index (χ0n) is 10.6. The molecule has 0 unspecified atom stereocenters. The monoisotopic (exact) mass is 325 g/mol. The number of nitro groups is 1. The van der Waals surface area contributed by atoms with Crippen LogP contribution < -0.4 is 4.74 Å². The van der Waals surface area contributed by atoms with E-state index in [-0.39, 0.29) is 17.9 Å². The van der Waals surface area contributed by atoms with Gasteiger partial charge < -0.3 is 4.74 Å². The molecule has 0 aliphatic carbocycles. The van der Waals surface area contributed by atoms with Crippen LogP contribution in [-0.4, -0.2) is 10.9 Å². The van der Waals surface area contributed by atoms with Gasteiger partial charge in [-0.3, -0.25) is 14.9 Å². The van der Waals surface area contributed by atoms with Gasteiger partial charge >= 0.3 is 5.97 Å². The first-order valence-corrected chi connectivity index (χ1v) is 6.60.